The predicted molar refractivity (Wildman–Crippen MR) is 75.3 cm³/mol. The number of aryl methyl sites for hydroxylation is 1. The minimum absolute atomic E-state index is 0.347. The van der Waals surface area contributed by atoms with Crippen LogP contribution >= 0.6 is 0 Å². The maximum Gasteiger partial charge on any atom is 0.132 e. The van der Waals surface area contributed by atoms with Crippen molar-refractivity contribution in [3.63, 3.8) is 0 Å². The summed E-state index contributed by atoms with van der Waals surface area (Å²) in [5, 5.41) is 0. The van der Waals surface area contributed by atoms with Crippen LogP contribution in [0.1, 0.15) is 56.6 Å². The largest absolute Gasteiger partial charge is 0.496 e. The highest BCUT2D eigenvalue weighted by Gasteiger charge is 2.15. The molecule has 18 heavy (non-hydrogen) atoms. The summed E-state index contributed by atoms with van der Waals surface area (Å²) in [4.78, 5) is 11.5. The van der Waals surface area contributed by atoms with E-state index in [-0.39, 0.29) is 0 Å². The van der Waals surface area contributed by atoms with Crippen molar-refractivity contribution in [2.24, 2.45) is 0 Å². The van der Waals surface area contributed by atoms with Crippen molar-refractivity contribution >= 4 is 5.78 Å². The summed E-state index contributed by atoms with van der Waals surface area (Å²) in [5.41, 5.74) is 2.48. The van der Waals surface area contributed by atoms with Gasteiger partial charge in [-0.15, -0.1) is 0 Å². The van der Waals surface area contributed by atoms with Gasteiger partial charge in [-0.05, 0) is 37.3 Å². The SMILES string of the molecule is CCC(=O)CCC(CC)c1cc(C)ccc1OC. The molecular formula is C16H24O2. The molecule has 0 bridgehead atoms. The maximum atomic E-state index is 11.5. The fourth-order valence-corrected chi connectivity index (χ4v) is 2.26. The lowest BCUT2D eigenvalue weighted by Crippen LogP contribution is -2.04. The van der Waals surface area contributed by atoms with E-state index in [1.54, 1.807) is 7.11 Å². The van der Waals surface area contributed by atoms with E-state index in [0.29, 0.717) is 24.5 Å². The second-order valence-electron chi connectivity index (χ2n) is 4.78. The summed E-state index contributed by atoms with van der Waals surface area (Å²) >= 11 is 0. The summed E-state index contributed by atoms with van der Waals surface area (Å²) in [6.45, 7) is 6.19. The fourth-order valence-electron chi connectivity index (χ4n) is 2.26. The van der Waals surface area contributed by atoms with E-state index in [4.69, 9.17) is 4.74 Å². The Hall–Kier alpha value is -1.31. The van der Waals surface area contributed by atoms with Gasteiger partial charge < -0.3 is 4.74 Å². The van der Waals surface area contributed by atoms with Crippen LogP contribution in [0.4, 0.5) is 0 Å². The van der Waals surface area contributed by atoms with Crippen molar-refractivity contribution in [3.8, 4) is 5.75 Å². The normalized spacial score (nSPS) is 12.2. The van der Waals surface area contributed by atoms with Gasteiger partial charge in [0.1, 0.15) is 11.5 Å². The molecule has 0 fully saturated rings. The predicted octanol–water partition coefficient (Wildman–Crippen LogP) is 4.26. The van der Waals surface area contributed by atoms with Crippen molar-refractivity contribution in [2.45, 2.75) is 52.4 Å². The number of ether oxygens (including phenoxy) is 1. The zero-order valence-corrected chi connectivity index (χ0v) is 12.0. The van der Waals surface area contributed by atoms with E-state index in [0.717, 1.165) is 18.6 Å². The zero-order chi connectivity index (χ0) is 13.5. The van der Waals surface area contributed by atoms with E-state index >= 15 is 0 Å². The first-order chi connectivity index (χ1) is 8.62. The second kappa shape index (κ2) is 7.20. The number of rotatable bonds is 7. The summed E-state index contributed by atoms with van der Waals surface area (Å²) < 4.78 is 5.43. The molecule has 1 unspecified atom stereocenters. The van der Waals surface area contributed by atoms with E-state index in [1.807, 2.05) is 13.0 Å². The molecular weight excluding hydrogens is 224 g/mol. The van der Waals surface area contributed by atoms with Gasteiger partial charge in [0.25, 0.3) is 0 Å². The Bertz CT molecular complexity index is 396. The topological polar surface area (TPSA) is 26.3 Å². The van der Waals surface area contributed by atoms with Gasteiger partial charge in [-0.25, -0.2) is 0 Å². The van der Waals surface area contributed by atoms with Crippen LogP contribution in [0.2, 0.25) is 0 Å². The minimum atomic E-state index is 0.347. The summed E-state index contributed by atoms with van der Waals surface area (Å²) in [6.07, 6.45) is 3.27. The molecule has 2 nitrogen and oxygen atoms in total. The third-order valence-electron chi connectivity index (χ3n) is 3.48. The van der Waals surface area contributed by atoms with Gasteiger partial charge >= 0.3 is 0 Å². The quantitative estimate of drug-likeness (QED) is 0.720. The highest BCUT2D eigenvalue weighted by Crippen LogP contribution is 2.33. The summed E-state index contributed by atoms with van der Waals surface area (Å²) in [7, 11) is 1.71. The Morgan fingerprint density at radius 1 is 1.33 bits per heavy atom. The summed E-state index contributed by atoms with van der Waals surface area (Å²) in [5.74, 6) is 1.70. The van der Waals surface area contributed by atoms with Gasteiger partial charge in [0.05, 0.1) is 7.11 Å². The Labute approximate surface area is 110 Å². The molecule has 0 spiro atoms. The van der Waals surface area contributed by atoms with Crippen LogP contribution < -0.4 is 4.74 Å². The van der Waals surface area contributed by atoms with Crippen LogP contribution in [-0.2, 0) is 4.79 Å². The highest BCUT2D eigenvalue weighted by molar-refractivity contribution is 5.78. The third kappa shape index (κ3) is 3.86. The molecule has 1 atom stereocenters. The molecule has 0 aliphatic rings. The molecule has 0 saturated heterocycles. The summed E-state index contributed by atoms with van der Waals surface area (Å²) in [6, 6.07) is 6.27. The fraction of sp³-hybridized carbons (Fsp3) is 0.562. The number of hydrogen-bond donors (Lipinski definition) is 0. The Morgan fingerprint density at radius 3 is 2.61 bits per heavy atom. The lowest BCUT2D eigenvalue weighted by atomic mass is 9.89. The smallest absolute Gasteiger partial charge is 0.132 e. The number of methoxy groups -OCH3 is 1. The molecule has 100 valence electrons. The molecule has 0 aliphatic heterocycles. The first kappa shape index (κ1) is 14.7. The molecule has 1 aromatic carbocycles. The van der Waals surface area contributed by atoms with E-state index in [1.165, 1.54) is 11.1 Å². The van der Waals surface area contributed by atoms with Gasteiger partial charge in [0, 0.05) is 12.8 Å². The van der Waals surface area contributed by atoms with Gasteiger partial charge in [0.2, 0.25) is 0 Å². The second-order valence-corrected chi connectivity index (χ2v) is 4.78. The molecule has 1 rings (SSSR count). The molecule has 0 heterocycles. The zero-order valence-electron chi connectivity index (χ0n) is 12.0. The molecule has 0 aromatic heterocycles. The molecule has 0 N–H and O–H groups in total. The number of carbonyl (C=O) groups is 1. The van der Waals surface area contributed by atoms with Gasteiger partial charge in [-0.2, -0.15) is 0 Å². The van der Waals surface area contributed by atoms with Crippen molar-refractivity contribution in [3.05, 3.63) is 29.3 Å². The van der Waals surface area contributed by atoms with Crippen LogP contribution in [-0.4, -0.2) is 12.9 Å². The first-order valence-corrected chi connectivity index (χ1v) is 6.78. The van der Waals surface area contributed by atoms with Crippen LogP contribution in [0.5, 0.6) is 5.75 Å². The average molecular weight is 248 g/mol. The van der Waals surface area contributed by atoms with Crippen molar-refractivity contribution in [1.82, 2.24) is 0 Å². The molecule has 2 heteroatoms. The Balaban J connectivity index is 2.86. The van der Waals surface area contributed by atoms with E-state index in [9.17, 15) is 4.79 Å². The van der Waals surface area contributed by atoms with Crippen LogP contribution in [0.3, 0.4) is 0 Å². The standard InChI is InChI=1S/C16H24O2/c1-5-13(8-9-14(17)6-2)15-11-12(3)7-10-16(15)18-4/h7,10-11,13H,5-6,8-9H2,1-4H3. The van der Waals surface area contributed by atoms with Crippen molar-refractivity contribution < 1.29 is 9.53 Å². The molecule has 1 aromatic rings. The minimum Gasteiger partial charge on any atom is -0.496 e. The molecule has 0 amide bonds. The number of Topliss-reactive ketones (excluding diaryl/α,β-unsaturated/α-hetero) is 1. The van der Waals surface area contributed by atoms with E-state index < -0.39 is 0 Å². The molecule has 0 radical (unpaired) electrons. The first-order valence-electron chi connectivity index (χ1n) is 6.78. The van der Waals surface area contributed by atoms with Crippen LogP contribution in [0, 0.1) is 6.92 Å². The lowest BCUT2D eigenvalue weighted by Gasteiger charge is -2.18. The average Bonchev–Trinajstić information content (AvgIpc) is 2.39. The van der Waals surface area contributed by atoms with Gasteiger partial charge in [-0.1, -0.05) is 31.5 Å². The third-order valence-corrected chi connectivity index (χ3v) is 3.48. The van der Waals surface area contributed by atoms with Gasteiger partial charge in [0.15, 0.2) is 0 Å². The lowest BCUT2D eigenvalue weighted by molar-refractivity contribution is -0.118. The molecule has 0 aliphatic carbocycles. The molecule has 0 saturated carbocycles. The van der Waals surface area contributed by atoms with Crippen LogP contribution in [0.25, 0.3) is 0 Å². The number of ketones is 1. The van der Waals surface area contributed by atoms with Crippen molar-refractivity contribution in [2.75, 3.05) is 7.11 Å². The highest BCUT2D eigenvalue weighted by atomic mass is 16.5. The Morgan fingerprint density at radius 2 is 2.06 bits per heavy atom. The number of hydrogen-bond acceptors (Lipinski definition) is 2. The number of carbonyl (C=O) groups excluding carboxylic acids is 1. The van der Waals surface area contributed by atoms with Crippen LogP contribution in [0.15, 0.2) is 18.2 Å². The Kier molecular flexibility index (Phi) is 5.90. The monoisotopic (exact) mass is 248 g/mol. The van der Waals surface area contributed by atoms with E-state index in [2.05, 4.69) is 26.0 Å². The van der Waals surface area contributed by atoms with Crippen molar-refractivity contribution in [1.29, 1.82) is 0 Å². The van der Waals surface area contributed by atoms with Gasteiger partial charge in [-0.3, -0.25) is 4.79 Å². The number of benzene rings is 1. The maximum absolute atomic E-state index is 11.5.